The van der Waals surface area contributed by atoms with Gasteiger partial charge in [0, 0.05) is 43.6 Å². The number of likely N-dealkylation sites (tertiary alicyclic amines) is 1. The van der Waals surface area contributed by atoms with Crippen molar-refractivity contribution in [3.63, 3.8) is 0 Å². The van der Waals surface area contributed by atoms with Crippen LogP contribution < -0.4 is 15.4 Å². The average Bonchev–Trinajstić information content (AvgIpc) is 3.30. The number of aryl methyl sites for hydroxylation is 1. The fourth-order valence-electron chi connectivity index (χ4n) is 5.04. The molecule has 2 bridgehead atoms. The van der Waals surface area contributed by atoms with Crippen LogP contribution in [0.2, 0.25) is 0 Å². The molecule has 3 unspecified atom stereocenters. The van der Waals surface area contributed by atoms with Crippen molar-refractivity contribution in [1.82, 2.24) is 4.90 Å². The van der Waals surface area contributed by atoms with Crippen LogP contribution in [-0.2, 0) is 6.54 Å². The van der Waals surface area contributed by atoms with Crippen LogP contribution in [0.3, 0.4) is 0 Å². The second-order valence-corrected chi connectivity index (χ2v) is 8.43. The Labute approximate surface area is 179 Å². The molecular formula is C25H33N3O2. The normalized spacial score (nSPS) is 22.8. The number of nitrogens with zero attached hydrogens (tertiary/aromatic N) is 1. The minimum atomic E-state index is 0.0375. The number of piperidine rings is 1. The number of benzene rings is 2. The maximum Gasteiger partial charge on any atom is 0.122 e. The summed E-state index contributed by atoms with van der Waals surface area (Å²) in [5.41, 5.74) is 5.78. The second kappa shape index (κ2) is 9.11. The predicted molar refractivity (Wildman–Crippen MR) is 124 cm³/mol. The molecule has 0 radical (unpaired) electrons. The predicted octanol–water partition coefficient (Wildman–Crippen LogP) is 4.13. The third kappa shape index (κ3) is 4.18. The van der Waals surface area contributed by atoms with Gasteiger partial charge in [0.1, 0.15) is 12.4 Å². The largest absolute Gasteiger partial charge is 0.491 e. The van der Waals surface area contributed by atoms with Gasteiger partial charge in [-0.1, -0.05) is 24.8 Å². The van der Waals surface area contributed by atoms with E-state index in [-0.39, 0.29) is 6.61 Å². The summed E-state index contributed by atoms with van der Waals surface area (Å²) < 4.78 is 5.70. The molecule has 3 atom stereocenters. The van der Waals surface area contributed by atoms with Gasteiger partial charge < -0.3 is 20.5 Å². The Balaban J connectivity index is 1.45. The van der Waals surface area contributed by atoms with E-state index in [1.54, 1.807) is 0 Å². The van der Waals surface area contributed by atoms with Gasteiger partial charge in [-0.2, -0.15) is 0 Å². The van der Waals surface area contributed by atoms with Gasteiger partial charge in [-0.05, 0) is 66.6 Å². The topological polar surface area (TPSA) is 56.8 Å². The zero-order valence-corrected chi connectivity index (χ0v) is 18.0. The number of rotatable bonds is 9. The fourth-order valence-corrected chi connectivity index (χ4v) is 5.04. The lowest BCUT2D eigenvalue weighted by Gasteiger charge is -2.28. The van der Waals surface area contributed by atoms with Crippen LogP contribution >= 0.6 is 0 Å². The van der Waals surface area contributed by atoms with E-state index in [4.69, 9.17) is 9.84 Å². The molecule has 30 heavy (non-hydrogen) atoms. The van der Waals surface area contributed by atoms with Crippen molar-refractivity contribution in [2.45, 2.75) is 38.4 Å². The molecule has 1 saturated carbocycles. The number of aliphatic hydroxyl groups excluding tert-OH is 1. The van der Waals surface area contributed by atoms with Crippen LogP contribution in [0.5, 0.6) is 5.75 Å². The van der Waals surface area contributed by atoms with Crippen molar-refractivity contribution < 1.29 is 9.84 Å². The molecule has 0 amide bonds. The smallest absolute Gasteiger partial charge is 0.122 e. The maximum absolute atomic E-state index is 9.05. The zero-order chi connectivity index (χ0) is 21.1. The summed E-state index contributed by atoms with van der Waals surface area (Å²) >= 11 is 0. The Bertz CT molecular complexity index is 898. The molecule has 0 aromatic heterocycles. The van der Waals surface area contributed by atoms with Crippen LogP contribution in [-0.4, -0.2) is 48.9 Å². The van der Waals surface area contributed by atoms with E-state index in [2.05, 4.69) is 58.5 Å². The monoisotopic (exact) mass is 407 g/mol. The lowest BCUT2D eigenvalue weighted by Crippen LogP contribution is -2.36. The van der Waals surface area contributed by atoms with E-state index in [1.807, 2.05) is 20.0 Å². The molecule has 1 aliphatic carbocycles. The van der Waals surface area contributed by atoms with Crippen molar-refractivity contribution in [2.75, 3.05) is 37.4 Å². The van der Waals surface area contributed by atoms with Crippen molar-refractivity contribution >= 4 is 17.5 Å². The van der Waals surface area contributed by atoms with Gasteiger partial charge >= 0.3 is 0 Å². The summed E-state index contributed by atoms with van der Waals surface area (Å²) in [5.74, 6) is 1.56. The van der Waals surface area contributed by atoms with Gasteiger partial charge in [-0.15, -0.1) is 0 Å². The van der Waals surface area contributed by atoms with E-state index in [0.29, 0.717) is 24.6 Å². The lowest BCUT2D eigenvalue weighted by atomic mass is 10.1. The molecule has 2 aliphatic rings. The first-order valence-electron chi connectivity index (χ1n) is 10.9. The minimum Gasteiger partial charge on any atom is -0.491 e. The molecule has 5 nitrogen and oxygen atoms in total. The molecule has 0 spiro atoms. The number of hydrogen-bond donors (Lipinski definition) is 3. The quantitative estimate of drug-likeness (QED) is 0.584. The van der Waals surface area contributed by atoms with Gasteiger partial charge in [0.25, 0.3) is 0 Å². The molecule has 1 aliphatic heterocycles. The summed E-state index contributed by atoms with van der Waals surface area (Å²) in [4.78, 5) is 2.61. The van der Waals surface area contributed by atoms with E-state index in [1.165, 1.54) is 24.1 Å². The Kier molecular flexibility index (Phi) is 6.30. The summed E-state index contributed by atoms with van der Waals surface area (Å²) in [6.07, 6.45) is 4.44. The molecule has 2 aromatic rings. The lowest BCUT2D eigenvalue weighted by molar-refractivity contribution is 0.197. The Morgan fingerprint density at radius 3 is 2.87 bits per heavy atom. The van der Waals surface area contributed by atoms with Crippen molar-refractivity contribution in [3.05, 3.63) is 59.7 Å². The Hall–Kier alpha value is -2.50. The minimum absolute atomic E-state index is 0.0375. The molecule has 1 heterocycles. The molecule has 5 heteroatoms. The Morgan fingerprint density at radius 2 is 2.10 bits per heavy atom. The standard InChI is InChI=1S/C25H33N3O2/c1-4-19-14-21(8-9-22(19)26-3)27-25-20-7-10-23(25)28(16-20)15-18-6-5-17(2)24(13-18)30-12-11-29/h4-6,8-9,13-14,20,23,25-27,29H,1,7,10-12,15-16H2,2-3H3. The van der Waals surface area contributed by atoms with Crippen LogP contribution in [0.25, 0.3) is 6.08 Å². The summed E-state index contributed by atoms with van der Waals surface area (Å²) in [6.45, 7) is 8.43. The maximum atomic E-state index is 9.05. The van der Waals surface area contributed by atoms with E-state index in [9.17, 15) is 0 Å². The molecular weight excluding hydrogens is 374 g/mol. The highest BCUT2D eigenvalue weighted by Gasteiger charge is 2.46. The number of fused-ring (bicyclic) bond motifs is 2. The molecule has 4 rings (SSSR count). The molecule has 2 fully saturated rings. The van der Waals surface area contributed by atoms with Gasteiger partial charge in [0.2, 0.25) is 0 Å². The zero-order valence-electron chi connectivity index (χ0n) is 18.0. The van der Waals surface area contributed by atoms with Crippen molar-refractivity contribution in [1.29, 1.82) is 0 Å². The van der Waals surface area contributed by atoms with Crippen LogP contribution in [0, 0.1) is 12.8 Å². The highest BCUT2D eigenvalue weighted by Crippen LogP contribution is 2.41. The SMILES string of the molecule is C=Cc1cc(NC2C3CCC2N(Cc2ccc(C)c(OCCO)c2)C3)ccc1NC. The third-order valence-corrected chi connectivity index (χ3v) is 6.55. The fraction of sp³-hybridized carbons (Fsp3) is 0.440. The van der Waals surface area contributed by atoms with Gasteiger partial charge in [-0.3, -0.25) is 4.90 Å². The van der Waals surface area contributed by atoms with E-state index >= 15 is 0 Å². The summed E-state index contributed by atoms with van der Waals surface area (Å²) in [6, 6.07) is 13.9. The van der Waals surface area contributed by atoms with Crippen LogP contribution in [0.15, 0.2) is 43.0 Å². The van der Waals surface area contributed by atoms with Gasteiger partial charge in [0.15, 0.2) is 0 Å². The first-order valence-corrected chi connectivity index (χ1v) is 10.9. The molecule has 3 N–H and O–H groups in total. The highest BCUT2D eigenvalue weighted by atomic mass is 16.5. The summed E-state index contributed by atoms with van der Waals surface area (Å²) in [5, 5.41) is 16.1. The second-order valence-electron chi connectivity index (χ2n) is 8.43. The molecule has 2 aromatic carbocycles. The third-order valence-electron chi connectivity index (χ3n) is 6.55. The van der Waals surface area contributed by atoms with Crippen LogP contribution in [0.4, 0.5) is 11.4 Å². The van der Waals surface area contributed by atoms with Crippen molar-refractivity contribution in [3.8, 4) is 5.75 Å². The van der Waals surface area contributed by atoms with Gasteiger partial charge in [0.05, 0.1) is 6.61 Å². The van der Waals surface area contributed by atoms with E-state index < -0.39 is 0 Å². The molecule has 1 saturated heterocycles. The first kappa shape index (κ1) is 20.8. The van der Waals surface area contributed by atoms with Crippen LogP contribution in [0.1, 0.15) is 29.5 Å². The average molecular weight is 408 g/mol. The van der Waals surface area contributed by atoms with E-state index in [0.717, 1.165) is 35.7 Å². The molecule has 160 valence electrons. The number of anilines is 2. The van der Waals surface area contributed by atoms with Crippen molar-refractivity contribution in [2.24, 2.45) is 5.92 Å². The Morgan fingerprint density at radius 1 is 1.23 bits per heavy atom. The highest BCUT2D eigenvalue weighted by molar-refractivity contribution is 5.70. The number of aliphatic hydroxyl groups is 1. The first-order chi connectivity index (χ1) is 14.6. The van der Waals surface area contributed by atoms with Gasteiger partial charge in [-0.25, -0.2) is 0 Å². The summed E-state index contributed by atoms with van der Waals surface area (Å²) in [7, 11) is 1.94. The number of ether oxygens (including phenoxy) is 1. The number of hydrogen-bond acceptors (Lipinski definition) is 5. The number of nitrogens with one attached hydrogen (secondary N) is 2.